The molecule has 0 fully saturated rings. The maximum atomic E-state index is 13.0. The van der Waals surface area contributed by atoms with E-state index in [1.54, 1.807) is 5.32 Å². The van der Waals surface area contributed by atoms with E-state index in [4.69, 9.17) is 0 Å². The van der Waals surface area contributed by atoms with Crippen molar-refractivity contribution in [2.45, 2.75) is 6.42 Å². The first-order valence-electron chi connectivity index (χ1n) is 4.21. The number of halogens is 4. The highest BCUT2D eigenvalue weighted by atomic mass is 32.1. The Hall–Kier alpha value is -1.24. The summed E-state index contributed by atoms with van der Waals surface area (Å²) in [4.78, 5) is 11.0. The topological polar surface area (TPSA) is 29.1 Å². The van der Waals surface area contributed by atoms with Gasteiger partial charge in [-0.05, 0) is 5.75 Å². The van der Waals surface area contributed by atoms with E-state index < -0.39 is 34.9 Å². The number of thiol groups is 1. The number of nitrogens with one attached hydrogen (secondary N) is 1. The largest absolute Gasteiger partial charge is 0.321 e. The van der Waals surface area contributed by atoms with Gasteiger partial charge in [-0.25, -0.2) is 17.6 Å². The number of amides is 1. The molecule has 0 aliphatic heterocycles. The van der Waals surface area contributed by atoms with Gasteiger partial charge >= 0.3 is 0 Å². The first kappa shape index (κ1) is 12.8. The van der Waals surface area contributed by atoms with Crippen molar-refractivity contribution in [3.63, 3.8) is 0 Å². The summed E-state index contributed by atoms with van der Waals surface area (Å²) in [5.74, 6) is -7.04. The van der Waals surface area contributed by atoms with Crippen LogP contribution in [0.25, 0.3) is 0 Å². The Morgan fingerprint density at radius 1 is 1.19 bits per heavy atom. The van der Waals surface area contributed by atoms with Crippen LogP contribution in [0.1, 0.15) is 6.42 Å². The van der Waals surface area contributed by atoms with Crippen molar-refractivity contribution in [1.82, 2.24) is 0 Å². The number of benzene rings is 1. The number of rotatable bonds is 3. The molecule has 7 heteroatoms. The number of hydrogen-bond acceptors (Lipinski definition) is 2. The number of carbonyl (C=O) groups excluding carboxylic acids is 1. The summed E-state index contributed by atoms with van der Waals surface area (Å²) in [7, 11) is 0. The van der Waals surface area contributed by atoms with E-state index in [9.17, 15) is 22.4 Å². The predicted molar refractivity (Wildman–Crippen MR) is 53.4 cm³/mol. The Kier molecular flexibility index (Phi) is 4.17. The lowest BCUT2D eigenvalue weighted by Crippen LogP contribution is -2.15. The molecule has 0 saturated heterocycles. The van der Waals surface area contributed by atoms with Gasteiger partial charge in [0.05, 0.1) is 0 Å². The molecule has 2 nitrogen and oxygen atoms in total. The van der Waals surface area contributed by atoms with Crippen LogP contribution in [-0.2, 0) is 4.79 Å². The third-order valence-corrected chi connectivity index (χ3v) is 1.94. The lowest BCUT2D eigenvalue weighted by Gasteiger charge is -2.08. The molecule has 1 aromatic rings. The van der Waals surface area contributed by atoms with Gasteiger partial charge in [-0.1, -0.05) is 0 Å². The average molecular weight is 253 g/mol. The van der Waals surface area contributed by atoms with Crippen LogP contribution < -0.4 is 5.32 Å². The van der Waals surface area contributed by atoms with Crippen LogP contribution in [0.2, 0.25) is 0 Å². The standard InChI is InChI=1S/C9H7F4NOS/c10-4-3-5(11)8(13)9(7(4)12)14-6(15)1-2-16/h3,16H,1-2H2,(H,14,15). The lowest BCUT2D eigenvalue weighted by molar-refractivity contribution is -0.115. The van der Waals surface area contributed by atoms with Gasteiger partial charge < -0.3 is 5.32 Å². The van der Waals surface area contributed by atoms with Gasteiger partial charge in [-0.15, -0.1) is 0 Å². The minimum Gasteiger partial charge on any atom is -0.321 e. The molecule has 0 atom stereocenters. The zero-order chi connectivity index (χ0) is 12.3. The van der Waals surface area contributed by atoms with E-state index in [1.165, 1.54) is 0 Å². The third kappa shape index (κ3) is 2.66. The van der Waals surface area contributed by atoms with Crippen molar-refractivity contribution < 1.29 is 22.4 Å². The minimum atomic E-state index is -1.63. The molecule has 0 spiro atoms. The summed E-state index contributed by atoms with van der Waals surface area (Å²) in [6.45, 7) is 0. The van der Waals surface area contributed by atoms with Crippen molar-refractivity contribution in [1.29, 1.82) is 0 Å². The summed E-state index contributed by atoms with van der Waals surface area (Å²) in [6.07, 6.45) is -0.125. The Morgan fingerprint density at radius 3 is 2.12 bits per heavy atom. The Bertz CT molecular complexity index is 398. The van der Waals surface area contributed by atoms with Crippen LogP contribution in [0.3, 0.4) is 0 Å². The summed E-state index contributed by atoms with van der Waals surface area (Å²) in [5.41, 5.74) is -1.12. The zero-order valence-corrected chi connectivity index (χ0v) is 8.75. The smallest absolute Gasteiger partial charge is 0.225 e. The maximum Gasteiger partial charge on any atom is 0.225 e. The van der Waals surface area contributed by atoms with Crippen LogP contribution >= 0.6 is 12.6 Å². The molecular weight excluding hydrogens is 246 g/mol. The molecule has 0 bridgehead atoms. The Balaban J connectivity index is 3.07. The molecule has 1 rings (SSSR count). The van der Waals surface area contributed by atoms with Crippen LogP contribution in [0.4, 0.5) is 23.2 Å². The van der Waals surface area contributed by atoms with E-state index in [0.717, 1.165) is 0 Å². The van der Waals surface area contributed by atoms with Gasteiger partial charge in [0, 0.05) is 12.5 Å². The van der Waals surface area contributed by atoms with Crippen molar-refractivity contribution in [3.8, 4) is 0 Å². The Labute approximate surface area is 94.1 Å². The molecule has 1 N–H and O–H groups in total. The highest BCUT2D eigenvalue weighted by molar-refractivity contribution is 7.80. The molecule has 0 radical (unpaired) electrons. The highest BCUT2D eigenvalue weighted by Crippen LogP contribution is 2.24. The van der Waals surface area contributed by atoms with Gasteiger partial charge in [0.1, 0.15) is 5.69 Å². The first-order chi connectivity index (χ1) is 7.47. The van der Waals surface area contributed by atoms with E-state index in [1.807, 2.05) is 0 Å². The SMILES string of the molecule is O=C(CCS)Nc1c(F)c(F)cc(F)c1F. The monoisotopic (exact) mass is 253 g/mol. The fourth-order valence-electron chi connectivity index (χ4n) is 0.986. The minimum absolute atomic E-state index is 0.0684. The van der Waals surface area contributed by atoms with Crippen molar-refractivity contribution in [3.05, 3.63) is 29.3 Å². The van der Waals surface area contributed by atoms with Crippen LogP contribution in [0.5, 0.6) is 0 Å². The molecule has 16 heavy (non-hydrogen) atoms. The van der Waals surface area contributed by atoms with E-state index in [0.29, 0.717) is 0 Å². The molecule has 1 aromatic carbocycles. The van der Waals surface area contributed by atoms with Crippen LogP contribution in [-0.4, -0.2) is 11.7 Å². The third-order valence-electron chi connectivity index (χ3n) is 1.72. The quantitative estimate of drug-likeness (QED) is 0.483. The Morgan fingerprint density at radius 2 is 1.69 bits per heavy atom. The molecule has 0 unspecified atom stereocenters. The van der Waals surface area contributed by atoms with Crippen LogP contribution in [0, 0.1) is 23.3 Å². The molecule has 0 saturated carbocycles. The second-order valence-corrected chi connectivity index (χ2v) is 3.31. The van der Waals surface area contributed by atoms with Gasteiger partial charge in [0.2, 0.25) is 5.91 Å². The van der Waals surface area contributed by atoms with Crippen molar-refractivity contribution in [2.24, 2.45) is 0 Å². The fourth-order valence-corrected chi connectivity index (χ4v) is 1.19. The molecular formula is C9H7F4NOS. The van der Waals surface area contributed by atoms with Gasteiger partial charge in [0.15, 0.2) is 23.3 Å². The van der Waals surface area contributed by atoms with E-state index in [-0.39, 0.29) is 18.2 Å². The van der Waals surface area contributed by atoms with Crippen molar-refractivity contribution in [2.75, 3.05) is 11.1 Å². The fraction of sp³-hybridized carbons (Fsp3) is 0.222. The van der Waals surface area contributed by atoms with Gasteiger partial charge in [-0.2, -0.15) is 12.6 Å². The van der Waals surface area contributed by atoms with E-state index >= 15 is 0 Å². The zero-order valence-electron chi connectivity index (χ0n) is 7.86. The molecule has 0 aliphatic carbocycles. The summed E-state index contributed by atoms with van der Waals surface area (Å²) in [6, 6.07) is 0.0684. The van der Waals surface area contributed by atoms with Crippen LogP contribution in [0.15, 0.2) is 6.07 Å². The van der Waals surface area contributed by atoms with Crippen molar-refractivity contribution >= 4 is 24.2 Å². The number of carbonyl (C=O) groups is 1. The first-order valence-corrected chi connectivity index (χ1v) is 4.84. The highest BCUT2D eigenvalue weighted by Gasteiger charge is 2.20. The van der Waals surface area contributed by atoms with Gasteiger partial charge in [0.25, 0.3) is 0 Å². The molecule has 0 aromatic heterocycles. The summed E-state index contributed by atoms with van der Waals surface area (Å²) >= 11 is 3.72. The molecule has 88 valence electrons. The number of hydrogen-bond donors (Lipinski definition) is 2. The van der Waals surface area contributed by atoms with Gasteiger partial charge in [-0.3, -0.25) is 4.79 Å². The maximum absolute atomic E-state index is 13.0. The lowest BCUT2D eigenvalue weighted by atomic mass is 10.2. The summed E-state index contributed by atoms with van der Waals surface area (Å²) in [5, 5.41) is 1.74. The number of anilines is 1. The second kappa shape index (κ2) is 5.20. The summed E-state index contributed by atoms with van der Waals surface area (Å²) < 4.78 is 51.5. The molecule has 1 amide bonds. The molecule has 0 aliphatic rings. The van der Waals surface area contributed by atoms with E-state index in [2.05, 4.69) is 12.6 Å². The predicted octanol–water partition coefficient (Wildman–Crippen LogP) is 2.50. The molecule has 0 heterocycles. The normalized spacial score (nSPS) is 10.3. The second-order valence-electron chi connectivity index (χ2n) is 2.86. The average Bonchev–Trinajstić information content (AvgIpc) is 2.22.